The van der Waals surface area contributed by atoms with Gasteiger partial charge < -0.3 is 9.88 Å². The van der Waals surface area contributed by atoms with E-state index in [4.69, 9.17) is 0 Å². The second kappa shape index (κ2) is 9.22. The molecule has 1 unspecified atom stereocenters. The molecule has 35 heavy (non-hydrogen) atoms. The number of aromatic nitrogens is 3. The number of aromatic amines is 1. The number of para-hydroxylation sites is 1. The number of anilines is 1. The number of hydrogen-bond acceptors (Lipinski definition) is 6. The predicted molar refractivity (Wildman–Crippen MR) is 138 cm³/mol. The Bertz CT molecular complexity index is 1440. The highest BCUT2D eigenvalue weighted by molar-refractivity contribution is 7.89. The van der Waals surface area contributed by atoms with Crippen molar-refractivity contribution in [2.45, 2.75) is 30.2 Å². The Morgan fingerprint density at radius 1 is 0.971 bits per heavy atom. The van der Waals surface area contributed by atoms with E-state index in [-0.39, 0.29) is 6.04 Å². The van der Waals surface area contributed by atoms with Gasteiger partial charge in [0.25, 0.3) is 0 Å². The van der Waals surface area contributed by atoms with Crippen LogP contribution in [0, 0.1) is 0 Å². The second-order valence-corrected chi connectivity index (χ2v) is 11.3. The molecule has 6 rings (SSSR count). The van der Waals surface area contributed by atoms with Crippen LogP contribution in [0.3, 0.4) is 0 Å². The summed E-state index contributed by atoms with van der Waals surface area (Å²) in [5, 5.41) is 1.60. The third kappa shape index (κ3) is 4.17. The molecule has 182 valence electrons. The van der Waals surface area contributed by atoms with E-state index in [0.29, 0.717) is 11.4 Å². The lowest BCUT2D eigenvalue weighted by Crippen LogP contribution is -2.47. The van der Waals surface area contributed by atoms with Crippen LogP contribution in [0.5, 0.6) is 0 Å². The van der Waals surface area contributed by atoms with E-state index in [1.807, 2.05) is 24.3 Å². The Morgan fingerprint density at radius 2 is 1.83 bits per heavy atom. The summed E-state index contributed by atoms with van der Waals surface area (Å²) in [6.07, 6.45) is 7.66. The number of imidazole rings is 1. The van der Waals surface area contributed by atoms with Crippen molar-refractivity contribution >= 4 is 37.5 Å². The van der Waals surface area contributed by atoms with Gasteiger partial charge in [0.2, 0.25) is 10.0 Å². The largest absolute Gasteiger partial charge is 0.367 e. The van der Waals surface area contributed by atoms with Gasteiger partial charge >= 0.3 is 0 Å². The molecule has 0 radical (unpaired) electrons. The summed E-state index contributed by atoms with van der Waals surface area (Å²) in [6, 6.07) is 13.9. The van der Waals surface area contributed by atoms with Gasteiger partial charge in [0.05, 0.1) is 17.5 Å². The topological polar surface area (TPSA) is 85.4 Å². The minimum Gasteiger partial charge on any atom is -0.367 e. The molecule has 2 fully saturated rings. The third-order valence-corrected chi connectivity index (χ3v) is 9.44. The van der Waals surface area contributed by atoms with Crippen molar-refractivity contribution in [3.63, 3.8) is 0 Å². The van der Waals surface area contributed by atoms with E-state index >= 15 is 0 Å². The number of rotatable bonds is 6. The normalized spacial score (nSPS) is 20.2. The average Bonchev–Trinajstić information content (AvgIpc) is 3.57. The van der Waals surface area contributed by atoms with Crippen molar-refractivity contribution in [3.8, 4) is 0 Å². The molecule has 0 amide bonds. The van der Waals surface area contributed by atoms with Gasteiger partial charge in [-0.2, -0.15) is 4.31 Å². The number of nitrogens with zero attached hydrogens (tertiary/aromatic N) is 5. The number of pyridine rings is 1. The molecule has 8 nitrogen and oxygen atoms in total. The monoisotopic (exact) mass is 490 g/mol. The van der Waals surface area contributed by atoms with Gasteiger partial charge in [-0.1, -0.05) is 30.3 Å². The average molecular weight is 491 g/mol. The van der Waals surface area contributed by atoms with Crippen molar-refractivity contribution in [1.82, 2.24) is 24.2 Å². The molecule has 2 aromatic heterocycles. The van der Waals surface area contributed by atoms with Crippen LogP contribution in [-0.2, 0) is 10.0 Å². The summed E-state index contributed by atoms with van der Waals surface area (Å²) in [7, 11) is -3.59. The zero-order valence-electron chi connectivity index (χ0n) is 19.7. The summed E-state index contributed by atoms with van der Waals surface area (Å²) in [5.41, 5.74) is 3.27. The first-order valence-electron chi connectivity index (χ1n) is 12.4. The number of nitrogens with one attached hydrogen (secondary N) is 1. The van der Waals surface area contributed by atoms with E-state index in [0.717, 1.165) is 73.8 Å². The molecule has 0 spiro atoms. The highest BCUT2D eigenvalue weighted by Gasteiger charge is 2.36. The molecule has 2 aliphatic heterocycles. The number of benzene rings is 2. The van der Waals surface area contributed by atoms with Gasteiger partial charge in [0, 0.05) is 61.9 Å². The smallest absolute Gasteiger partial charge is 0.245 e. The first-order chi connectivity index (χ1) is 17.1. The summed E-state index contributed by atoms with van der Waals surface area (Å²) < 4.78 is 29.0. The molecule has 4 aromatic rings. The van der Waals surface area contributed by atoms with Crippen molar-refractivity contribution in [3.05, 3.63) is 61.2 Å². The van der Waals surface area contributed by atoms with Crippen LogP contribution >= 0.6 is 0 Å². The number of piperazine rings is 1. The molecule has 0 saturated carbocycles. The summed E-state index contributed by atoms with van der Waals surface area (Å²) >= 11 is 0. The molecular weight excluding hydrogens is 460 g/mol. The maximum atomic E-state index is 13.7. The van der Waals surface area contributed by atoms with Gasteiger partial charge in [-0.05, 0) is 37.9 Å². The Labute approximate surface area is 205 Å². The molecule has 1 N–H and O–H groups in total. The first-order valence-corrected chi connectivity index (χ1v) is 13.8. The molecular formula is C26H30N6O2S. The maximum absolute atomic E-state index is 13.7. The fourth-order valence-electron chi connectivity index (χ4n) is 5.58. The minimum absolute atomic E-state index is 0.0369. The third-order valence-electron chi connectivity index (χ3n) is 7.46. The van der Waals surface area contributed by atoms with Crippen LogP contribution in [0.25, 0.3) is 21.8 Å². The van der Waals surface area contributed by atoms with Crippen molar-refractivity contribution in [2.75, 3.05) is 44.2 Å². The van der Waals surface area contributed by atoms with Gasteiger partial charge in [-0.3, -0.25) is 9.88 Å². The molecule has 0 aliphatic carbocycles. The number of fused-ring (bicyclic) bond motifs is 2. The Hall–Kier alpha value is -3.01. The van der Waals surface area contributed by atoms with Gasteiger partial charge in [-0.25, -0.2) is 13.4 Å². The Morgan fingerprint density at radius 3 is 2.71 bits per heavy atom. The van der Waals surface area contributed by atoms with E-state index in [9.17, 15) is 8.42 Å². The van der Waals surface area contributed by atoms with Gasteiger partial charge in [0.15, 0.2) is 0 Å². The van der Waals surface area contributed by atoms with Gasteiger partial charge in [0.1, 0.15) is 10.4 Å². The van der Waals surface area contributed by atoms with Crippen LogP contribution in [-0.4, -0.2) is 77.9 Å². The lowest BCUT2D eigenvalue weighted by molar-refractivity contribution is 0.232. The molecule has 2 aromatic carbocycles. The SMILES string of the molecule is O=S(=O)(c1cncc2ccccc12)N1CCCC1CCN1CCN(c2cccc3[nH]cnc23)CC1. The summed E-state index contributed by atoms with van der Waals surface area (Å²) in [5.74, 6) is 0. The minimum atomic E-state index is -3.59. The van der Waals surface area contributed by atoms with Crippen molar-refractivity contribution < 1.29 is 8.42 Å². The molecule has 0 bridgehead atoms. The fraction of sp³-hybridized carbons (Fsp3) is 0.385. The standard InChI is InChI=1S/C26H30N6O2S/c33-35(34,25-18-27-17-20-5-1-2-7-22(20)25)32-11-4-6-21(32)10-12-30-13-15-31(16-14-30)24-9-3-8-23-26(24)29-19-28-23/h1-3,5,7-9,17-19,21H,4,6,10-16H2,(H,28,29). The Kier molecular flexibility index (Phi) is 5.91. The zero-order chi connectivity index (χ0) is 23.8. The molecule has 2 saturated heterocycles. The number of hydrogen-bond donors (Lipinski definition) is 1. The Balaban J connectivity index is 1.11. The highest BCUT2D eigenvalue weighted by atomic mass is 32.2. The van der Waals surface area contributed by atoms with Crippen LogP contribution < -0.4 is 4.90 Å². The predicted octanol–water partition coefficient (Wildman–Crippen LogP) is 3.48. The van der Waals surface area contributed by atoms with E-state index < -0.39 is 10.0 Å². The summed E-state index contributed by atoms with van der Waals surface area (Å²) in [6.45, 7) is 5.31. The van der Waals surface area contributed by atoms with E-state index in [1.54, 1.807) is 16.8 Å². The lowest BCUT2D eigenvalue weighted by atomic mass is 10.1. The van der Waals surface area contributed by atoms with Crippen LogP contribution in [0.2, 0.25) is 0 Å². The van der Waals surface area contributed by atoms with Crippen molar-refractivity contribution in [1.29, 1.82) is 0 Å². The second-order valence-electron chi connectivity index (χ2n) is 9.46. The maximum Gasteiger partial charge on any atom is 0.245 e. The van der Waals surface area contributed by atoms with Crippen molar-refractivity contribution in [2.24, 2.45) is 0 Å². The highest BCUT2D eigenvalue weighted by Crippen LogP contribution is 2.31. The van der Waals surface area contributed by atoms with Crippen LogP contribution in [0.15, 0.2) is 66.1 Å². The molecule has 1 atom stereocenters. The zero-order valence-corrected chi connectivity index (χ0v) is 20.5. The molecule has 4 heterocycles. The van der Waals surface area contributed by atoms with E-state index in [1.165, 1.54) is 11.9 Å². The molecule has 9 heteroatoms. The number of sulfonamides is 1. The number of H-pyrrole nitrogens is 1. The molecule has 2 aliphatic rings. The van der Waals surface area contributed by atoms with Gasteiger partial charge in [-0.15, -0.1) is 0 Å². The lowest BCUT2D eigenvalue weighted by Gasteiger charge is -2.37. The first kappa shape index (κ1) is 22.5. The van der Waals surface area contributed by atoms with Crippen LogP contribution in [0.1, 0.15) is 19.3 Å². The van der Waals surface area contributed by atoms with Crippen LogP contribution in [0.4, 0.5) is 5.69 Å². The fourth-order valence-corrected chi connectivity index (χ4v) is 7.47. The van der Waals surface area contributed by atoms with E-state index in [2.05, 4.69) is 43.0 Å². The summed E-state index contributed by atoms with van der Waals surface area (Å²) in [4.78, 5) is 17.1. The quantitative estimate of drug-likeness (QED) is 0.446.